The highest BCUT2D eigenvalue weighted by atomic mass is 16.5. The van der Waals surface area contributed by atoms with Crippen LogP contribution in [0.2, 0.25) is 0 Å². The molecule has 0 aromatic heterocycles. The third-order valence-electron chi connectivity index (χ3n) is 1.34. The first-order valence-corrected chi connectivity index (χ1v) is 4.63. The Balaban J connectivity index is 3.49. The summed E-state index contributed by atoms with van der Waals surface area (Å²) in [6.45, 7) is 6.29. The smallest absolute Gasteiger partial charge is 0.330 e. The molecule has 0 aliphatic rings. The normalized spacial score (nSPS) is 10.1. The highest BCUT2D eigenvalue weighted by Crippen LogP contribution is 1.93. The molecule has 0 amide bonds. The van der Waals surface area contributed by atoms with Crippen LogP contribution in [0.1, 0.15) is 33.6 Å². The molecule has 0 aromatic carbocycles. The first-order valence-electron chi connectivity index (χ1n) is 4.63. The largest absolute Gasteiger partial charge is 0.462 e. The van der Waals surface area contributed by atoms with E-state index >= 15 is 0 Å². The molecule has 0 spiro atoms. The third kappa shape index (κ3) is 8.86. The van der Waals surface area contributed by atoms with E-state index < -0.39 is 0 Å². The Kier molecular flexibility index (Phi) is 6.98. The molecule has 0 saturated heterocycles. The van der Waals surface area contributed by atoms with E-state index in [1.165, 1.54) is 6.08 Å². The van der Waals surface area contributed by atoms with Crippen LogP contribution in [0.3, 0.4) is 0 Å². The Hall–Kier alpha value is -1.05. The molecule has 0 N–H and O–H groups in total. The Labute approximate surface area is 80.3 Å². The lowest BCUT2D eigenvalue weighted by Crippen LogP contribution is -2.01. The van der Waals surface area contributed by atoms with Crippen molar-refractivity contribution in [3.05, 3.63) is 23.8 Å². The van der Waals surface area contributed by atoms with E-state index in [4.69, 9.17) is 4.74 Å². The molecule has 0 bridgehead atoms. The second-order valence-corrected chi connectivity index (χ2v) is 3.06. The maximum atomic E-state index is 11.0. The maximum absolute atomic E-state index is 11.0. The van der Waals surface area contributed by atoms with Gasteiger partial charge in [-0.1, -0.05) is 24.6 Å². The zero-order valence-electron chi connectivity index (χ0n) is 8.67. The van der Waals surface area contributed by atoms with Gasteiger partial charge in [0.2, 0.25) is 0 Å². The summed E-state index contributed by atoms with van der Waals surface area (Å²) >= 11 is 0. The molecular formula is C11H18O2. The van der Waals surface area contributed by atoms with Crippen LogP contribution in [0, 0.1) is 0 Å². The predicted molar refractivity (Wildman–Crippen MR) is 54.4 cm³/mol. The fraction of sp³-hybridized carbons (Fsp3) is 0.545. The fourth-order valence-electron chi connectivity index (χ4n) is 0.789. The van der Waals surface area contributed by atoms with Crippen LogP contribution >= 0.6 is 0 Å². The van der Waals surface area contributed by atoms with Gasteiger partial charge in [0.05, 0.1) is 6.61 Å². The predicted octanol–water partition coefficient (Wildman–Crippen LogP) is 2.85. The Morgan fingerprint density at radius 2 is 2.00 bits per heavy atom. The summed E-state index contributed by atoms with van der Waals surface area (Å²) in [5.41, 5.74) is 0.967. The molecule has 0 atom stereocenters. The van der Waals surface area contributed by atoms with Gasteiger partial charge in [-0.2, -0.15) is 0 Å². The molecular weight excluding hydrogens is 164 g/mol. The molecule has 0 unspecified atom stereocenters. The van der Waals surface area contributed by atoms with Crippen molar-refractivity contribution in [3.63, 3.8) is 0 Å². The van der Waals surface area contributed by atoms with Gasteiger partial charge in [-0.05, 0) is 26.7 Å². The lowest BCUT2D eigenvalue weighted by Gasteiger charge is -1.98. The van der Waals surface area contributed by atoms with E-state index in [0.717, 1.165) is 18.4 Å². The highest BCUT2D eigenvalue weighted by Gasteiger charge is 1.94. The van der Waals surface area contributed by atoms with Gasteiger partial charge >= 0.3 is 5.97 Å². The van der Waals surface area contributed by atoms with Crippen molar-refractivity contribution >= 4 is 5.97 Å². The van der Waals surface area contributed by atoms with Gasteiger partial charge in [-0.3, -0.25) is 0 Å². The number of hydrogen-bond donors (Lipinski definition) is 0. The molecule has 13 heavy (non-hydrogen) atoms. The van der Waals surface area contributed by atoms with Crippen molar-refractivity contribution in [1.29, 1.82) is 0 Å². The zero-order valence-corrected chi connectivity index (χ0v) is 8.67. The number of ether oxygens (including phenoxy) is 1. The molecule has 74 valence electrons. The lowest BCUT2D eigenvalue weighted by molar-refractivity contribution is -0.137. The van der Waals surface area contributed by atoms with Crippen molar-refractivity contribution in [2.24, 2.45) is 0 Å². The van der Waals surface area contributed by atoms with Gasteiger partial charge in [-0.15, -0.1) is 0 Å². The van der Waals surface area contributed by atoms with Gasteiger partial charge in [0.1, 0.15) is 0 Å². The zero-order chi connectivity index (χ0) is 10.1. The first-order chi connectivity index (χ1) is 6.16. The van der Waals surface area contributed by atoms with Gasteiger partial charge in [0.25, 0.3) is 0 Å². The Morgan fingerprint density at radius 3 is 2.54 bits per heavy atom. The van der Waals surface area contributed by atoms with Gasteiger partial charge in [-0.25, -0.2) is 4.79 Å². The molecule has 0 saturated carbocycles. The molecule has 0 rings (SSSR count). The molecule has 0 aliphatic carbocycles. The molecule has 2 heteroatoms. The average molecular weight is 182 g/mol. The van der Waals surface area contributed by atoms with Crippen molar-refractivity contribution in [2.45, 2.75) is 33.6 Å². The van der Waals surface area contributed by atoms with E-state index in [9.17, 15) is 4.79 Å². The van der Waals surface area contributed by atoms with E-state index in [-0.39, 0.29) is 5.97 Å². The third-order valence-corrected chi connectivity index (χ3v) is 1.34. The molecule has 0 aliphatic heterocycles. The minimum atomic E-state index is -0.245. The highest BCUT2D eigenvalue weighted by molar-refractivity contribution is 5.82. The Bertz CT molecular complexity index is 198. The quantitative estimate of drug-likeness (QED) is 0.283. The van der Waals surface area contributed by atoms with Crippen LogP contribution in [0.25, 0.3) is 0 Å². The summed E-state index contributed by atoms with van der Waals surface area (Å²) in [6.07, 6.45) is 7.42. The minimum absolute atomic E-state index is 0.245. The van der Waals surface area contributed by atoms with E-state index in [1.54, 1.807) is 0 Å². The van der Waals surface area contributed by atoms with Crippen LogP contribution in [-0.2, 0) is 9.53 Å². The number of allylic oxidation sites excluding steroid dienone is 2. The van der Waals surface area contributed by atoms with E-state index in [1.807, 2.05) is 19.9 Å². The second-order valence-electron chi connectivity index (χ2n) is 3.06. The molecule has 2 nitrogen and oxygen atoms in total. The summed E-state index contributed by atoms with van der Waals surface area (Å²) in [6, 6.07) is 0. The molecule has 0 aromatic rings. The van der Waals surface area contributed by atoms with Crippen LogP contribution in [0.5, 0.6) is 0 Å². The van der Waals surface area contributed by atoms with Crippen LogP contribution in [0.4, 0.5) is 0 Å². The lowest BCUT2D eigenvalue weighted by atomic mass is 10.3. The van der Waals surface area contributed by atoms with Crippen LogP contribution in [-0.4, -0.2) is 12.6 Å². The number of carbonyl (C=O) groups is 1. The topological polar surface area (TPSA) is 26.3 Å². The van der Waals surface area contributed by atoms with Gasteiger partial charge in [0.15, 0.2) is 0 Å². The number of esters is 1. The molecule has 0 fully saturated rings. The number of hydrogen-bond acceptors (Lipinski definition) is 2. The summed E-state index contributed by atoms with van der Waals surface area (Å²) in [5.74, 6) is -0.245. The van der Waals surface area contributed by atoms with Gasteiger partial charge in [0, 0.05) is 6.08 Å². The summed E-state index contributed by atoms with van der Waals surface area (Å²) in [5, 5.41) is 0. The average Bonchev–Trinajstić information content (AvgIpc) is 2.02. The summed E-state index contributed by atoms with van der Waals surface area (Å²) in [7, 11) is 0. The number of rotatable bonds is 5. The van der Waals surface area contributed by atoms with Crippen molar-refractivity contribution in [2.75, 3.05) is 6.61 Å². The van der Waals surface area contributed by atoms with E-state index in [2.05, 4.69) is 13.0 Å². The maximum Gasteiger partial charge on any atom is 0.330 e. The molecule has 0 radical (unpaired) electrons. The van der Waals surface area contributed by atoms with Crippen LogP contribution < -0.4 is 0 Å². The minimum Gasteiger partial charge on any atom is -0.462 e. The van der Waals surface area contributed by atoms with Gasteiger partial charge < -0.3 is 4.74 Å². The Morgan fingerprint density at radius 1 is 1.31 bits per heavy atom. The van der Waals surface area contributed by atoms with E-state index in [0.29, 0.717) is 6.61 Å². The second kappa shape index (κ2) is 7.59. The fourth-order valence-corrected chi connectivity index (χ4v) is 0.789. The van der Waals surface area contributed by atoms with Crippen molar-refractivity contribution in [3.8, 4) is 0 Å². The standard InChI is InChI=1S/C11H18O2/c1-4-5-6-7-8-13-11(12)9-10(2)3/h5-6,9H,4,7-8H2,1-3H3/b6-5+. The summed E-state index contributed by atoms with van der Waals surface area (Å²) < 4.78 is 4.93. The first kappa shape index (κ1) is 11.9. The van der Waals surface area contributed by atoms with Crippen molar-refractivity contribution < 1.29 is 9.53 Å². The van der Waals surface area contributed by atoms with Crippen LogP contribution in [0.15, 0.2) is 23.8 Å². The SMILES string of the molecule is CC/C=C/CCOC(=O)C=C(C)C. The molecule has 0 heterocycles. The monoisotopic (exact) mass is 182 g/mol. The summed E-state index contributed by atoms with van der Waals surface area (Å²) in [4.78, 5) is 11.0. The number of carbonyl (C=O) groups excluding carboxylic acids is 1. The van der Waals surface area contributed by atoms with Crippen molar-refractivity contribution in [1.82, 2.24) is 0 Å².